The normalized spacial score (nSPS) is 19.0. The molecule has 1 aromatic rings. The first kappa shape index (κ1) is 18.8. The first-order chi connectivity index (χ1) is 12.7. The molecule has 140 valence electrons. The molecule has 2 aliphatic rings. The van der Waals surface area contributed by atoms with E-state index >= 15 is 0 Å². The van der Waals surface area contributed by atoms with Crippen LogP contribution >= 0.6 is 11.8 Å². The molecule has 6 nitrogen and oxygen atoms in total. The molecule has 0 saturated carbocycles. The van der Waals surface area contributed by atoms with Gasteiger partial charge in [-0.15, -0.1) is 0 Å². The molecule has 1 amide bonds. The van der Waals surface area contributed by atoms with E-state index in [2.05, 4.69) is 16.8 Å². The minimum Gasteiger partial charge on any atom is -0.490 e. The van der Waals surface area contributed by atoms with Crippen molar-refractivity contribution in [2.24, 2.45) is 4.99 Å². The number of carbonyl (C=O) groups is 1. The van der Waals surface area contributed by atoms with E-state index in [0.29, 0.717) is 37.1 Å². The monoisotopic (exact) mass is 376 g/mol. The van der Waals surface area contributed by atoms with Gasteiger partial charge in [-0.25, -0.2) is 0 Å². The van der Waals surface area contributed by atoms with Crippen molar-refractivity contribution in [3.05, 3.63) is 28.7 Å². The van der Waals surface area contributed by atoms with E-state index in [9.17, 15) is 4.79 Å². The fourth-order valence-corrected chi connectivity index (χ4v) is 3.62. The number of carbonyl (C=O) groups excluding carboxylic acids is 1. The minimum absolute atomic E-state index is 0.194. The highest BCUT2D eigenvalue weighted by atomic mass is 32.2. The molecular formula is C19H24N2O4S. The summed E-state index contributed by atoms with van der Waals surface area (Å²) in [5.41, 5.74) is 0.895. The summed E-state index contributed by atoms with van der Waals surface area (Å²) >= 11 is 1.42. The Hall–Kier alpha value is -1.99. The zero-order valence-electron chi connectivity index (χ0n) is 15.2. The molecule has 7 heteroatoms. The number of nitrogens with zero attached hydrogens (tertiary/aromatic N) is 2. The number of amidine groups is 1. The lowest BCUT2D eigenvalue weighted by atomic mass is 10.2. The second kappa shape index (κ2) is 9.09. The van der Waals surface area contributed by atoms with Crippen molar-refractivity contribution >= 4 is 28.9 Å². The number of benzene rings is 1. The molecule has 1 fully saturated rings. The van der Waals surface area contributed by atoms with Crippen LogP contribution in [0.1, 0.15) is 25.8 Å². The molecule has 2 heterocycles. The number of ether oxygens (including phenoxy) is 3. The van der Waals surface area contributed by atoms with Gasteiger partial charge in [-0.3, -0.25) is 4.79 Å². The quantitative estimate of drug-likeness (QED) is 0.711. The summed E-state index contributed by atoms with van der Waals surface area (Å²) in [6, 6.07) is 5.73. The van der Waals surface area contributed by atoms with Crippen LogP contribution in [0.5, 0.6) is 11.5 Å². The smallest absolute Gasteiger partial charge is 0.286 e. The van der Waals surface area contributed by atoms with Crippen LogP contribution in [0.15, 0.2) is 28.1 Å². The number of aliphatic imine (C=N–C) groups is 1. The Kier molecular flexibility index (Phi) is 6.57. The maximum Gasteiger partial charge on any atom is 0.286 e. The molecule has 0 N–H and O–H groups in total. The Labute approximate surface area is 158 Å². The predicted octanol–water partition coefficient (Wildman–Crippen LogP) is 3.18. The minimum atomic E-state index is -0.194. The summed E-state index contributed by atoms with van der Waals surface area (Å²) in [5.74, 6) is 1.23. The molecule has 2 aliphatic heterocycles. The summed E-state index contributed by atoms with van der Waals surface area (Å²) in [6.45, 7) is 8.08. The van der Waals surface area contributed by atoms with E-state index in [1.165, 1.54) is 11.8 Å². The van der Waals surface area contributed by atoms with Crippen molar-refractivity contribution in [1.29, 1.82) is 0 Å². The molecule has 0 spiro atoms. The summed E-state index contributed by atoms with van der Waals surface area (Å²) < 4.78 is 16.8. The summed E-state index contributed by atoms with van der Waals surface area (Å²) in [5, 5.41) is 0.762. The van der Waals surface area contributed by atoms with Crippen molar-refractivity contribution in [2.75, 3.05) is 39.5 Å². The molecule has 26 heavy (non-hydrogen) atoms. The highest BCUT2D eigenvalue weighted by Crippen LogP contribution is 2.33. The van der Waals surface area contributed by atoms with E-state index in [-0.39, 0.29) is 5.91 Å². The van der Waals surface area contributed by atoms with Crippen LogP contribution in [0, 0.1) is 0 Å². The topological polar surface area (TPSA) is 60.4 Å². The van der Waals surface area contributed by atoms with E-state index in [1.54, 1.807) is 0 Å². The Morgan fingerprint density at radius 1 is 1.23 bits per heavy atom. The average Bonchev–Trinajstić information content (AvgIpc) is 3.03. The lowest BCUT2D eigenvalue weighted by Gasteiger charge is -2.27. The highest BCUT2D eigenvalue weighted by molar-refractivity contribution is 8.18. The second-order valence-electron chi connectivity index (χ2n) is 5.90. The van der Waals surface area contributed by atoms with Gasteiger partial charge in [0.25, 0.3) is 5.91 Å². The number of amides is 1. The van der Waals surface area contributed by atoms with Gasteiger partial charge in [0.2, 0.25) is 0 Å². The van der Waals surface area contributed by atoms with Crippen LogP contribution in [0.2, 0.25) is 0 Å². The van der Waals surface area contributed by atoms with Crippen LogP contribution in [-0.4, -0.2) is 55.5 Å². The van der Waals surface area contributed by atoms with E-state index < -0.39 is 0 Å². The molecule has 0 aromatic heterocycles. The molecule has 0 bridgehead atoms. The van der Waals surface area contributed by atoms with Crippen molar-refractivity contribution in [3.8, 4) is 11.5 Å². The average molecular weight is 376 g/mol. The summed E-state index contributed by atoms with van der Waals surface area (Å²) in [4.78, 5) is 19.2. The van der Waals surface area contributed by atoms with Gasteiger partial charge < -0.3 is 19.1 Å². The molecule has 0 aliphatic carbocycles. The van der Waals surface area contributed by atoms with Crippen LogP contribution in [0.25, 0.3) is 6.08 Å². The zero-order valence-corrected chi connectivity index (χ0v) is 16.0. The van der Waals surface area contributed by atoms with Gasteiger partial charge in [0.1, 0.15) is 0 Å². The number of hydrogen-bond donors (Lipinski definition) is 0. The Bertz CT molecular complexity index is 711. The van der Waals surface area contributed by atoms with Crippen molar-refractivity contribution in [2.45, 2.75) is 20.3 Å². The third-order valence-corrected chi connectivity index (χ3v) is 4.96. The molecule has 1 aromatic carbocycles. The Balaban J connectivity index is 1.75. The Morgan fingerprint density at radius 2 is 2.04 bits per heavy atom. The van der Waals surface area contributed by atoms with Crippen molar-refractivity contribution < 1.29 is 19.0 Å². The lowest BCUT2D eigenvalue weighted by molar-refractivity contribution is -0.113. The van der Waals surface area contributed by atoms with Crippen LogP contribution in [0.3, 0.4) is 0 Å². The fourth-order valence-electron chi connectivity index (χ4n) is 2.65. The number of rotatable bonds is 6. The number of morpholine rings is 1. The first-order valence-corrected chi connectivity index (χ1v) is 9.77. The Morgan fingerprint density at radius 3 is 2.77 bits per heavy atom. The fraction of sp³-hybridized carbons (Fsp3) is 0.474. The molecule has 1 saturated heterocycles. The molecular weight excluding hydrogens is 352 g/mol. The van der Waals surface area contributed by atoms with Gasteiger partial charge in [0.15, 0.2) is 16.7 Å². The predicted molar refractivity (Wildman–Crippen MR) is 104 cm³/mol. The summed E-state index contributed by atoms with van der Waals surface area (Å²) in [7, 11) is 0. The van der Waals surface area contributed by atoms with Crippen LogP contribution in [0.4, 0.5) is 0 Å². The third kappa shape index (κ3) is 4.59. The third-order valence-electron chi connectivity index (χ3n) is 3.92. The van der Waals surface area contributed by atoms with Crippen molar-refractivity contribution in [1.82, 2.24) is 4.90 Å². The second-order valence-corrected chi connectivity index (χ2v) is 6.91. The van der Waals surface area contributed by atoms with Gasteiger partial charge >= 0.3 is 0 Å². The van der Waals surface area contributed by atoms with E-state index in [0.717, 1.165) is 36.0 Å². The highest BCUT2D eigenvalue weighted by Gasteiger charge is 2.27. The van der Waals surface area contributed by atoms with Gasteiger partial charge in [-0.1, -0.05) is 13.0 Å². The van der Waals surface area contributed by atoms with E-state index in [1.807, 2.05) is 31.2 Å². The van der Waals surface area contributed by atoms with Gasteiger partial charge in [0, 0.05) is 13.1 Å². The van der Waals surface area contributed by atoms with Crippen molar-refractivity contribution in [3.63, 3.8) is 0 Å². The van der Waals surface area contributed by atoms with Gasteiger partial charge in [0.05, 0.1) is 31.3 Å². The maximum absolute atomic E-state index is 12.3. The molecule has 0 atom stereocenters. The SMILES string of the molecule is CCCOc1ccc(C=C2SC(N3CCOCC3)=NC2=O)cc1OCC. The first-order valence-electron chi connectivity index (χ1n) is 8.96. The zero-order chi connectivity index (χ0) is 18.4. The molecule has 3 rings (SSSR count). The number of thioether (sulfide) groups is 1. The number of hydrogen-bond acceptors (Lipinski definition) is 6. The molecule has 0 unspecified atom stereocenters. The molecule has 0 radical (unpaired) electrons. The lowest BCUT2D eigenvalue weighted by Crippen LogP contribution is -2.38. The maximum atomic E-state index is 12.3. The van der Waals surface area contributed by atoms with Gasteiger partial charge in [-0.05, 0) is 48.9 Å². The van der Waals surface area contributed by atoms with Crippen LogP contribution < -0.4 is 9.47 Å². The largest absolute Gasteiger partial charge is 0.490 e. The summed E-state index contributed by atoms with van der Waals surface area (Å²) in [6.07, 6.45) is 2.79. The van der Waals surface area contributed by atoms with Crippen LogP contribution in [-0.2, 0) is 9.53 Å². The van der Waals surface area contributed by atoms with E-state index in [4.69, 9.17) is 14.2 Å². The standard InChI is InChI=1S/C19H24N2O4S/c1-3-9-25-15-6-5-14(12-16(15)24-4-2)13-17-18(22)20-19(26-17)21-7-10-23-11-8-21/h5-6,12-13H,3-4,7-11H2,1-2H3. The van der Waals surface area contributed by atoms with Gasteiger partial charge in [-0.2, -0.15) is 4.99 Å².